The van der Waals surface area contributed by atoms with Gasteiger partial charge in [-0.25, -0.2) is 4.98 Å². The van der Waals surface area contributed by atoms with Crippen LogP contribution in [0.2, 0.25) is 0 Å². The Bertz CT molecular complexity index is 354. The van der Waals surface area contributed by atoms with Crippen molar-refractivity contribution >= 4 is 0 Å². The molecule has 0 amide bonds. The molecule has 19 heavy (non-hydrogen) atoms. The molecule has 0 saturated carbocycles. The number of hydrogen-bond acceptors (Lipinski definition) is 5. The predicted octanol–water partition coefficient (Wildman–Crippen LogP) is 1.45. The highest BCUT2D eigenvalue weighted by Gasteiger charge is 2.21. The van der Waals surface area contributed by atoms with E-state index in [2.05, 4.69) is 23.7 Å². The van der Waals surface area contributed by atoms with E-state index < -0.39 is 0 Å². The van der Waals surface area contributed by atoms with E-state index in [-0.39, 0.29) is 6.04 Å². The molecular weight excluding hydrogens is 242 g/mol. The summed E-state index contributed by atoms with van der Waals surface area (Å²) in [7, 11) is 3.33. The molecule has 0 saturated heterocycles. The standard InChI is InChI=1S/C14H25N3O2/c1-11(2)17(7-8-18-3)13(9-15)12-5-6-14(19-4)16-10-12/h5-6,10-11,13H,7-9,15H2,1-4H3. The number of hydrogen-bond donors (Lipinski definition) is 1. The Morgan fingerprint density at radius 1 is 1.32 bits per heavy atom. The third-order valence-electron chi connectivity index (χ3n) is 3.19. The molecule has 0 bridgehead atoms. The molecule has 1 aromatic rings. The van der Waals surface area contributed by atoms with Gasteiger partial charge in [0.2, 0.25) is 5.88 Å². The van der Waals surface area contributed by atoms with Crippen LogP contribution in [-0.4, -0.2) is 49.8 Å². The second-order valence-corrected chi connectivity index (χ2v) is 4.71. The summed E-state index contributed by atoms with van der Waals surface area (Å²) in [6, 6.07) is 4.43. The third kappa shape index (κ3) is 4.45. The van der Waals surface area contributed by atoms with Gasteiger partial charge in [0.1, 0.15) is 0 Å². The van der Waals surface area contributed by atoms with Gasteiger partial charge in [0.15, 0.2) is 0 Å². The predicted molar refractivity (Wildman–Crippen MR) is 76.3 cm³/mol. The van der Waals surface area contributed by atoms with Crippen LogP contribution >= 0.6 is 0 Å². The van der Waals surface area contributed by atoms with Gasteiger partial charge in [-0.05, 0) is 19.4 Å². The van der Waals surface area contributed by atoms with Crippen LogP contribution in [-0.2, 0) is 4.74 Å². The van der Waals surface area contributed by atoms with Crippen LogP contribution in [0, 0.1) is 0 Å². The Balaban J connectivity index is 2.87. The quantitative estimate of drug-likeness (QED) is 0.772. The van der Waals surface area contributed by atoms with Crippen LogP contribution in [0.1, 0.15) is 25.5 Å². The Hall–Kier alpha value is -1.17. The number of nitrogens with zero attached hydrogens (tertiary/aromatic N) is 2. The summed E-state index contributed by atoms with van der Waals surface area (Å²) < 4.78 is 10.3. The molecule has 5 nitrogen and oxygen atoms in total. The van der Waals surface area contributed by atoms with Crippen molar-refractivity contribution < 1.29 is 9.47 Å². The van der Waals surface area contributed by atoms with Crippen molar-refractivity contribution in [2.75, 3.05) is 33.9 Å². The topological polar surface area (TPSA) is 60.6 Å². The van der Waals surface area contributed by atoms with Crippen molar-refractivity contribution in [3.63, 3.8) is 0 Å². The maximum absolute atomic E-state index is 5.94. The number of pyridine rings is 1. The molecule has 0 spiro atoms. The van der Waals surface area contributed by atoms with E-state index in [1.54, 1.807) is 14.2 Å². The number of ether oxygens (including phenoxy) is 2. The molecule has 0 aliphatic rings. The normalized spacial score (nSPS) is 13.0. The first-order valence-electron chi connectivity index (χ1n) is 6.58. The summed E-state index contributed by atoms with van der Waals surface area (Å²) in [4.78, 5) is 6.58. The van der Waals surface area contributed by atoms with E-state index >= 15 is 0 Å². The maximum Gasteiger partial charge on any atom is 0.212 e. The molecule has 1 aromatic heterocycles. The number of methoxy groups -OCH3 is 2. The fourth-order valence-corrected chi connectivity index (χ4v) is 2.14. The molecule has 1 heterocycles. The Morgan fingerprint density at radius 3 is 2.47 bits per heavy atom. The van der Waals surface area contributed by atoms with Crippen LogP contribution in [0.15, 0.2) is 18.3 Å². The van der Waals surface area contributed by atoms with E-state index in [9.17, 15) is 0 Å². The molecule has 1 rings (SSSR count). The van der Waals surface area contributed by atoms with Crippen molar-refractivity contribution in [2.24, 2.45) is 5.73 Å². The van der Waals surface area contributed by atoms with Gasteiger partial charge in [-0.1, -0.05) is 6.07 Å². The number of rotatable bonds is 8. The van der Waals surface area contributed by atoms with E-state index in [0.717, 1.165) is 12.1 Å². The summed E-state index contributed by atoms with van der Waals surface area (Å²) in [5.41, 5.74) is 7.05. The van der Waals surface area contributed by atoms with Crippen LogP contribution in [0.25, 0.3) is 0 Å². The summed E-state index contributed by atoms with van der Waals surface area (Å²) in [6.45, 7) is 6.42. The molecule has 0 aromatic carbocycles. The summed E-state index contributed by atoms with van der Waals surface area (Å²) in [5, 5.41) is 0. The largest absolute Gasteiger partial charge is 0.481 e. The highest BCUT2D eigenvalue weighted by atomic mass is 16.5. The zero-order valence-electron chi connectivity index (χ0n) is 12.3. The molecule has 108 valence electrons. The van der Waals surface area contributed by atoms with E-state index in [1.807, 2.05) is 18.3 Å². The Labute approximate surface area is 115 Å². The Morgan fingerprint density at radius 2 is 2.05 bits per heavy atom. The minimum atomic E-state index is 0.147. The summed E-state index contributed by atoms with van der Waals surface area (Å²) >= 11 is 0. The average Bonchev–Trinajstić information content (AvgIpc) is 2.43. The first kappa shape index (κ1) is 15.9. The average molecular weight is 267 g/mol. The lowest BCUT2D eigenvalue weighted by atomic mass is 10.1. The molecule has 0 fully saturated rings. The van der Waals surface area contributed by atoms with Gasteiger partial charge in [0.25, 0.3) is 0 Å². The van der Waals surface area contributed by atoms with Gasteiger partial charge in [-0.2, -0.15) is 0 Å². The molecule has 0 aliphatic heterocycles. The second kappa shape index (κ2) is 8.09. The van der Waals surface area contributed by atoms with Gasteiger partial charge in [0, 0.05) is 44.5 Å². The van der Waals surface area contributed by atoms with Gasteiger partial charge < -0.3 is 15.2 Å². The van der Waals surface area contributed by atoms with Crippen molar-refractivity contribution in [1.82, 2.24) is 9.88 Å². The van der Waals surface area contributed by atoms with E-state index in [4.69, 9.17) is 15.2 Å². The fourth-order valence-electron chi connectivity index (χ4n) is 2.14. The fraction of sp³-hybridized carbons (Fsp3) is 0.643. The first-order valence-corrected chi connectivity index (χ1v) is 6.58. The summed E-state index contributed by atoms with van der Waals surface area (Å²) in [5.74, 6) is 0.618. The Kier molecular flexibility index (Phi) is 6.77. The molecule has 0 radical (unpaired) electrons. The van der Waals surface area contributed by atoms with Crippen LogP contribution in [0.3, 0.4) is 0 Å². The highest BCUT2D eigenvalue weighted by molar-refractivity contribution is 5.21. The highest BCUT2D eigenvalue weighted by Crippen LogP contribution is 2.22. The lowest BCUT2D eigenvalue weighted by Gasteiger charge is -2.34. The van der Waals surface area contributed by atoms with Crippen LogP contribution < -0.4 is 10.5 Å². The van der Waals surface area contributed by atoms with Gasteiger partial charge in [-0.3, -0.25) is 4.90 Å². The van der Waals surface area contributed by atoms with Crippen molar-refractivity contribution in [3.05, 3.63) is 23.9 Å². The smallest absolute Gasteiger partial charge is 0.212 e. The van der Waals surface area contributed by atoms with E-state index in [1.165, 1.54) is 0 Å². The monoisotopic (exact) mass is 267 g/mol. The first-order chi connectivity index (χ1) is 9.13. The van der Waals surface area contributed by atoms with Gasteiger partial charge >= 0.3 is 0 Å². The zero-order chi connectivity index (χ0) is 14.3. The molecular formula is C14H25N3O2. The molecule has 2 N–H and O–H groups in total. The molecule has 1 unspecified atom stereocenters. The third-order valence-corrected chi connectivity index (χ3v) is 3.19. The molecule has 0 aliphatic carbocycles. The molecule has 1 atom stereocenters. The SMILES string of the molecule is COCCN(C(C)C)C(CN)c1ccc(OC)nc1. The lowest BCUT2D eigenvalue weighted by molar-refractivity contribution is 0.0978. The van der Waals surface area contributed by atoms with Crippen molar-refractivity contribution in [2.45, 2.75) is 25.9 Å². The van der Waals surface area contributed by atoms with Gasteiger partial charge in [-0.15, -0.1) is 0 Å². The lowest BCUT2D eigenvalue weighted by Crippen LogP contribution is -2.40. The minimum Gasteiger partial charge on any atom is -0.481 e. The van der Waals surface area contributed by atoms with Crippen molar-refractivity contribution in [1.29, 1.82) is 0 Å². The zero-order valence-corrected chi connectivity index (χ0v) is 12.3. The number of nitrogens with two attached hydrogens (primary N) is 1. The maximum atomic E-state index is 5.94. The summed E-state index contributed by atoms with van der Waals surface area (Å²) in [6.07, 6.45) is 1.83. The van der Waals surface area contributed by atoms with Crippen molar-refractivity contribution in [3.8, 4) is 5.88 Å². The molecule has 5 heteroatoms. The van der Waals surface area contributed by atoms with Crippen LogP contribution in [0.4, 0.5) is 0 Å². The van der Waals surface area contributed by atoms with E-state index in [0.29, 0.717) is 25.1 Å². The number of aromatic nitrogens is 1. The van der Waals surface area contributed by atoms with Crippen LogP contribution in [0.5, 0.6) is 5.88 Å². The minimum absolute atomic E-state index is 0.147. The second-order valence-electron chi connectivity index (χ2n) is 4.71. The van der Waals surface area contributed by atoms with Gasteiger partial charge in [0.05, 0.1) is 13.7 Å².